The van der Waals surface area contributed by atoms with E-state index in [1.807, 2.05) is 24.3 Å². The molecule has 0 saturated carbocycles. The van der Waals surface area contributed by atoms with Crippen molar-refractivity contribution in [3.05, 3.63) is 48.2 Å². The Morgan fingerprint density at radius 3 is 2.63 bits per heavy atom. The van der Waals surface area contributed by atoms with Gasteiger partial charge in [0.2, 0.25) is 11.8 Å². The molecule has 27 heavy (non-hydrogen) atoms. The lowest BCUT2D eigenvalue weighted by molar-refractivity contribution is -0.117. The van der Waals surface area contributed by atoms with Gasteiger partial charge in [0.1, 0.15) is 15.6 Å². The molecule has 0 aliphatic rings. The SMILES string of the molecule is CCc1cccc(Oc2ccc(NC(=O)C(N)CCS(C)(=O)=O)cn2)c1.Cl. The Kier molecular flexibility index (Phi) is 8.68. The maximum absolute atomic E-state index is 12.0. The van der Waals surface area contributed by atoms with Gasteiger partial charge in [0.25, 0.3) is 0 Å². The smallest absolute Gasteiger partial charge is 0.241 e. The number of sulfone groups is 1. The van der Waals surface area contributed by atoms with Gasteiger partial charge in [0.05, 0.1) is 23.7 Å². The van der Waals surface area contributed by atoms with Gasteiger partial charge in [-0.2, -0.15) is 0 Å². The average molecular weight is 414 g/mol. The fourth-order valence-corrected chi connectivity index (χ4v) is 2.85. The van der Waals surface area contributed by atoms with Gasteiger partial charge in [-0.1, -0.05) is 19.1 Å². The molecule has 0 aliphatic heterocycles. The molecule has 0 bridgehead atoms. The molecule has 2 rings (SSSR count). The molecule has 1 atom stereocenters. The Morgan fingerprint density at radius 1 is 1.30 bits per heavy atom. The standard InChI is InChI=1S/C18H23N3O4S.ClH/c1-3-13-5-4-6-15(11-13)25-17-8-7-14(12-20-17)21-18(22)16(19)9-10-26(2,23)24;/h4-8,11-12,16H,3,9-10,19H2,1-2H3,(H,21,22);1H. The lowest BCUT2D eigenvalue weighted by atomic mass is 10.2. The third-order valence-electron chi connectivity index (χ3n) is 3.67. The van der Waals surface area contributed by atoms with E-state index in [0.717, 1.165) is 18.2 Å². The number of hydrogen-bond donors (Lipinski definition) is 2. The summed E-state index contributed by atoms with van der Waals surface area (Å²) in [6.45, 7) is 2.06. The Morgan fingerprint density at radius 2 is 2.04 bits per heavy atom. The molecule has 2 aromatic rings. The van der Waals surface area contributed by atoms with Crippen LogP contribution in [0.25, 0.3) is 0 Å². The minimum absolute atomic E-state index is 0. The summed E-state index contributed by atoms with van der Waals surface area (Å²) in [4.78, 5) is 16.1. The number of rotatable bonds is 8. The largest absolute Gasteiger partial charge is 0.439 e. The zero-order valence-corrected chi connectivity index (χ0v) is 16.8. The van der Waals surface area contributed by atoms with E-state index >= 15 is 0 Å². The van der Waals surface area contributed by atoms with E-state index in [0.29, 0.717) is 17.3 Å². The van der Waals surface area contributed by atoms with Crippen molar-refractivity contribution in [3.8, 4) is 11.6 Å². The molecule has 0 spiro atoms. The summed E-state index contributed by atoms with van der Waals surface area (Å²) in [6, 6.07) is 10.1. The molecule has 7 nitrogen and oxygen atoms in total. The van der Waals surface area contributed by atoms with Crippen LogP contribution in [0, 0.1) is 0 Å². The number of aryl methyl sites for hydroxylation is 1. The second-order valence-electron chi connectivity index (χ2n) is 6.00. The number of aromatic nitrogens is 1. The number of nitrogens with one attached hydrogen (secondary N) is 1. The number of benzene rings is 1. The minimum Gasteiger partial charge on any atom is -0.439 e. The summed E-state index contributed by atoms with van der Waals surface area (Å²) in [5.41, 5.74) is 7.33. The molecule has 1 unspecified atom stereocenters. The van der Waals surface area contributed by atoms with Crippen LogP contribution in [0.15, 0.2) is 42.6 Å². The zero-order chi connectivity index (χ0) is 19.2. The fourth-order valence-electron chi connectivity index (χ4n) is 2.17. The van der Waals surface area contributed by atoms with Crippen LogP contribution in [0.2, 0.25) is 0 Å². The first-order valence-electron chi connectivity index (χ1n) is 8.24. The number of amides is 1. The molecule has 0 radical (unpaired) electrons. The molecule has 0 aliphatic carbocycles. The van der Waals surface area contributed by atoms with Crippen molar-refractivity contribution in [1.29, 1.82) is 0 Å². The number of nitrogens with zero attached hydrogens (tertiary/aromatic N) is 1. The van der Waals surface area contributed by atoms with Gasteiger partial charge in [0.15, 0.2) is 0 Å². The molecule has 3 N–H and O–H groups in total. The van der Waals surface area contributed by atoms with E-state index in [9.17, 15) is 13.2 Å². The van der Waals surface area contributed by atoms with Gasteiger partial charge in [-0.3, -0.25) is 4.79 Å². The molecule has 1 aromatic heterocycles. The van der Waals surface area contributed by atoms with Gasteiger partial charge < -0.3 is 15.8 Å². The van der Waals surface area contributed by atoms with Crippen LogP contribution in [-0.4, -0.2) is 37.4 Å². The van der Waals surface area contributed by atoms with Crippen molar-refractivity contribution in [3.63, 3.8) is 0 Å². The Balaban J connectivity index is 0.00000364. The van der Waals surface area contributed by atoms with E-state index in [-0.39, 0.29) is 24.6 Å². The van der Waals surface area contributed by atoms with E-state index in [1.54, 1.807) is 12.1 Å². The number of ether oxygens (including phenoxy) is 1. The monoisotopic (exact) mass is 413 g/mol. The molecule has 0 saturated heterocycles. The van der Waals surface area contributed by atoms with Crippen LogP contribution in [0.1, 0.15) is 18.9 Å². The normalized spacial score (nSPS) is 12.0. The minimum atomic E-state index is -3.15. The average Bonchev–Trinajstić information content (AvgIpc) is 2.60. The number of pyridine rings is 1. The molecule has 9 heteroatoms. The third-order valence-corrected chi connectivity index (χ3v) is 4.65. The summed E-state index contributed by atoms with van der Waals surface area (Å²) >= 11 is 0. The number of anilines is 1. The topological polar surface area (TPSA) is 111 Å². The lowest BCUT2D eigenvalue weighted by Crippen LogP contribution is -2.37. The van der Waals surface area contributed by atoms with Crippen molar-refractivity contribution in [1.82, 2.24) is 4.98 Å². The van der Waals surface area contributed by atoms with Crippen molar-refractivity contribution >= 4 is 33.8 Å². The predicted molar refractivity (Wildman–Crippen MR) is 108 cm³/mol. The molecule has 1 heterocycles. The second-order valence-corrected chi connectivity index (χ2v) is 8.26. The van der Waals surface area contributed by atoms with Gasteiger partial charge in [0, 0.05) is 12.3 Å². The maximum atomic E-state index is 12.0. The first kappa shape index (κ1) is 22.9. The summed E-state index contributed by atoms with van der Waals surface area (Å²) in [5, 5.41) is 2.61. The molecular weight excluding hydrogens is 390 g/mol. The van der Waals surface area contributed by atoms with Crippen LogP contribution in [-0.2, 0) is 21.1 Å². The molecule has 148 valence electrons. The quantitative estimate of drug-likeness (QED) is 0.687. The van der Waals surface area contributed by atoms with Crippen LogP contribution in [0.3, 0.4) is 0 Å². The highest BCUT2D eigenvalue weighted by atomic mass is 35.5. The predicted octanol–water partition coefficient (Wildman–Crippen LogP) is 2.56. The fraction of sp³-hybridized carbons (Fsp3) is 0.333. The van der Waals surface area contributed by atoms with Gasteiger partial charge in [-0.05, 0) is 36.6 Å². The molecule has 1 aromatic carbocycles. The van der Waals surface area contributed by atoms with Crippen molar-refractivity contribution < 1.29 is 17.9 Å². The first-order chi connectivity index (χ1) is 12.3. The highest BCUT2D eigenvalue weighted by Gasteiger charge is 2.16. The van der Waals surface area contributed by atoms with Gasteiger partial charge >= 0.3 is 0 Å². The van der Waals surface area contributed by atoms with E-state index in [4.69, 9.17) is 10.5 Å². The number of nitrogens with two attached hydrogens (primary N) is 1. The number of halogens is 1. The van der Waals surface area contributed by atoms with Crippen LogP contribution in [0.5, 0.6) is 11.6 Å². The van der Waals surface area contributed by atoms with Crippen molar-refractivity contribution in [2.75, 3.05) is 17.3 Å². The van der Waals surface area contributed by atoms with Crippen LogP contribution in [0.4, 0.5) is 5.69 Å². The number of carbonyl (C=O) groups is 1. The van der Waals surface area contributed by atoms with Crippen LogP contribution >= 0.6 is 12.4 Å². The Hall–Kier alpha value is -2.16. The molecule has 0 fully saturated rings. The second kappa shape index (κ2) is 10.2. The maximum Gasteiger partial charge on any atom is 0.241 e. The molecule has 1 amide bonds. The van der Waals surface area contributed by atoms with Gasteiger partial charge in [-0.25, -0.2) is 13.4 Å². The lowest BCUT2D eigenvalue weighted by Gasteiger charge is -2.12. The van der Waals surface area contributed by atoms with Gasteiger partial charge in [-0.15, -0.1) is 12.4 Å². The van der Waals surface area contributed by atoms with Crippen LogP contribution < -0.4 is 15.8 Å². The summed E-state index contributed by atoms with van der Waals surface area (Å²) in [5.74, 6) is 0.498. The third kappa shape index (κ3) is 7.94. The Bertz CT molecular complexity index is 857. The first-order valence-corrected chi connectivity index (χ1v) is 10.3. The Labute approximate surface area is 165 Å². The van der Waals surface area contributed by atoms with E-state index in [1.165, 1.54) is 6.20 Å². The van der Waals surface area contributed by atoms with E-state index in [2.05, 4.69) is 17.2 Å². The highest BCUT2D eigenvalue weighted by Crippen LogP contribution is 2.21. The number of hydrogen-bond acceptors (Lipinski definition) is 6. The summed E-state index contributed by atoms with van der Waals surface area (Å²) < 4.78 is 28.0. The van der Waals surface area contributed by atoms with E-state index < -0.39 is 21.8 Å². The zero-order valence-electron chi connectivity index (χ0n) is 15.2. The number of carbonyl (C=O) groups excluding carboxylic acids is 1. The highest BCUT2D eigenvalue weighted by molar-refractivity contribution is 7.90. The molecular formula is C18H24ClN3O4S. The van der Waals surface area contributed by atoms with Crippen molar-refractivity contribution in [2.45, 2.75) is 25.8 Å². The van der Waals surface area contributed by atoms with Crippen molar-refractivity contribution in [2.24, 2.45) is 5.73 Å². The summed E-state index contributed by atoms with van der Waals surface area (Å²) in [6.07, 6.45) is 3.54. The summed E-state index contributed by atoms with van der Waals surface area (Å²) in [7, 11) is -3.15.